The Labute approximate surface area is 565 Å². The number of carbonyl (C=O) groups excluding carboxylic acids is 2. The molecule has 0 heterocycles. The third kappa shape index (κ3) is 74.2. The fraction of sp³-hybridized carbons (Fsp3) is 0.610. The zero-order chi connectivity index (χ0) is 66.9. The van der Waals surface area contributed by atoms with E-state index in [-0.39, 0.29) is 26.1 Å². The van der Waals surface area contributed by atoms with Gasteiger partial charge in [-0.3, -0.25) is 14.2 Å². The van der Waals surface area contributed by atoms with Crippen LogP contribution >= 0.6 is 7.82 Å². The molecular formula is C82H134NO8P. The highest BCUT2D eigenvalue weighted by Crippen LogP contribution is 2.38. The molecule has 2 atom stereocenters. The Morgan fingerprint density at radius 3 is 0.880 bits per heavy atom. The number of esters is 2. The van der Waals surface area contributed by atoms with Crippen LogP contribution in [-0.2, 0) is 32.7 Å². The average molecular weight is 1290 g/mol. The largest absolute Gasteiger partial charge is 0.756 e. The summed E-state index contributed by atoms with van der Waals surface area (Å²) in [6.07, 6.45) is 108. The first-order valence-corrected chi connectivity index (χ1v) is 38.0. The molecule has 0 amide bonds. The Kier molecular flexibility index (Phi) is 66.7. The molecule has 0 saturated carbocycles. The molecular weight excluding hydrogens is 1160 g/mol. The first-order chi connectivity index (χ1) is 45.0. The van der Waals surface area contributed by atoms with Crippen LogP contribution in [0.1, 0.15) is 271 Å². The minimum atomic E-state index is -4.67. The van der Waals surface area contributed by atoms with Crippen molar-refractivity contribution in [1.82, 2.24) is 0 Å². The van der Waals surface area contributed by atoms with Crippen LogP contribution < -0.4 is 4.89 Å². The number of rotatable bonds is 65. The van der Waals surface area contributed by atoms with Crippen molar-refractivity contribution < 1.29 is 42.1 Å². The molecule has 0 aliphatic carbocycles. The summed E-state index contributed by atoms with van der Waals surface area (Å²) in [6, 6.07) is 0. The maximum atomic E-state index is 12.9. The van der Waals surface area contributed by atoms with Crippen molar-refractivity contribution in [3.8, 4) is 0 Å². The van der Waals surface area contributed by atoms with E-state index in [2.05, 4.69) is 196 Å². The Hall–Kier alpha value is -4.89. The number of hydrogen-bond donors (Lipinski definition) is 0. The molecule has 0 aliphatic heterocycles. The van der Waals surface area contributed by atoms with Gasteiger partial charge in [0.1, 0.15) is 19.8 Å². The Morgan fingerprint density at radius 1 is 0.337 bits per heavy atom. The zero-order valence-electron chi connectivity index (χ0n) is 59.2. The maximum absolute atomic E-state index is 12.9. The van der Waals surface area contributed by atoms with Gasteiger partial charge in [0.15, 0.2) is 6.10 Å². The fourth-order valence-corrected chi connectivity index (χ4v) is 10.1. The molecule has 0 bridgehead atoms. The van der Waals surface area contributed by atoms with Gasteiger partial charge < -0.3 is 27.9 Å². The van der Waals surface area contributed by atoms with Gasteiger partial charge in [0.2, 0.25) is 0 Å². The lowest BCUT2D eigenvalue weighted by Crippen LogP contribution is -2.37. The molecule has 0 aromatic carbocycles. The lowest BCUT2D eigenvalue weighted by atomic mass is 10.0. The summed E-state index contributed by atoms with van der Waals surface area (Å²) in [4.78, 5) is 38.1. The Morgan fingerprint density at radius 2 is 0.587 bits per heavy atom. The molecule has 2 unspecified atom stereocenters. The first kappa shape index (κ1) is 87.1. The number of hydrogen-bond acceptors (Lipinski definition) is 8. The smallest absolute Gasteiger partial charge is 0.306 e. The highest BCUT2D eigenvalue weighted by molar-refractivity contribution is 7.45. The van der Waals surface area contributed by atoms with Crippen molar-refractivity contribution in [3.63, 3.8) is 0 Å². The predicted molar refractivity (Wildman–Crippen MR) is 396 cm³/mol. The second-order valence-corrected chi connectivity index (χ2v) is 26.2. The number of unbranched alkanes of at least 4 members (excludes halogenated alkanes) is 21. The highest BCUT2D eigenvalue weighted by atomic mass is 31.2. The molecule has 0 saturated heterocycles. The van der Waals surface area contributed by atoms with E-state index in [4.69, 9.17) is 18.5 Å². The van der Waals surface area contributed by atoms with Gasteiger partial charge in [-0.15, -0.1) is 0 Å². The van der Waals surface area contributed by atoms with Crippen LogP contribution in [0.5, 0.6) is 0 Å². The molecule has 0 fully saturated rings. The molecule has 0 aliphatic rings. The summed E-state index contributed by atoms with van der Waals surface area (Å²) >= 11 is 0. The second kappa shape index (κ2) is 70.4. The number of allylic oxidation sites excluding steroid dienone is 30. The quantitative estimate of drug-likeness (QED) is 0.0195. The van der Waals surface area contributed by atoms with Gasteiger partial charge in [-0.05, 0) is 135 Å². The third-order valence-corrected chi connectivity index (χ3v) is 15.9. The summed E-state index contributed by atoms with van der Waals surface area (Å²) in [5.41, 5.74) is 0. The van der Waals surface area contributed by atoms with Gasteiger partial charge >= 0.3 is 11.9 Å². The van der Waals surface area contributed by atoms with Crippen molar-refractivity contribution in [3.05, 3.63) is 182 Å². The summed E-state index contributed by atoms with van der Waals surface area (Å²) in [6.45, 7) is 3.97. The number of phosphoric acid groups is 1. The van der Waals surface area contributed by atoms with E-state index >= 15 is 0 Å². The average Bonchev–Trinajstić information content (AvgIpc) is 2.34. The molecule has 0 rings (SSSR count). The van der Waals surface area contributed by atoms with Crippen molar-refractivity contribution >= 4 is 19.8 Å². The Bertz CT molecular complexity index is 2210. The first-order valence-electron chi connectivity index (χ1n) is 36.5. The van der Waals surface area contributed by atoms with Crippen LogP contribution in [-0.4, -0.2) is 70.0 Å². The predicted octanol–water partition coefficient (Wildman–Crippen LogP) is 23.6. The summed E-state index contributed by atoms with van der Waals surface area (Å²) in [7, 11) is 1.12. The second-order valence-electron chi connectivity index (χ2n) is 24.8. The van der Waals surface area contributed by atoms with Crippen molar-refractivity contribution in [2.24, 2.45) is 0 Å². The standard InChI is InChI=1S/C82H134NO8P/c1-6-8-10-12-14-16-18-20-22-24-26-28-30-32-34-36-38-39-40-41-42-43-45-47-49-51-53-55-57-59-61-63-65-67-69-71-73-75-82(85)91-80(79-90-92(86,87)89-77-76-83(3,4)5)78-88-81(84)74-72-70-68-66-64-62-60-58-56-54-52-50-48-46-44-37-35-33-31-29-27-25-23-21-19-17-15-13-11-9-7-2/h8-11,14-17,20-23,26-29,32,34,38-39,41-42,45,47,51,53,57,59,63,65,80H,6-7,12-13,18-19,24-25,30-31,33,35-37,40,43-44,46,48-50,52,54-56,58,60-62,64,66-79H2,1-5H3/b10-8-,11-9-,16-14-,17-15-,22-20-,23-21-,28-26-,29-27-,34-32-,39-38-,42-41-,47-45-,53-51-,59-57-,65-63-. The normalized spacial score (nSPS) is 14.2. The van der Waals surface area contributed by atoms with E-state index in [9.17, 15) is 19.0 Å². The van der Waals surface area contributed by atoms with E-state index in [0.717, 1.165) is 135 Å². The molecule has 9 nitrogen and oxygen atoms in total. The summed E-state index contributed by atoms with van der Waals surface area (Å²) in [5.74, 6) is -0.878. The van der Waals surface area contributed by atoms with Gasteiger partial charge in [0, 0.05) is 12.8 Å². The molecule has 0 spiro atoms. The summed E-state index contributed by atoms with van der Waals surface area (Å²) < 4.78 is 34.3. The van der Waals surface area contributed by atoms with Crippen LogP contribution in [0.15, 0.2) is 182 Å². The zero-order valence-corrected chi connectivity index (χ0v) is 60.1. The van der Waals surface area contributed by atoms with Gasteiger partial charge in [-0.25, -0.2) is 0 Å². The van der Waals surface area contributed by atoms with E-state index < -0.39 is 32.5 Å². The minimum Gasteiger partial charge on any atom is -0.756 e. The van der Waals surface area contributed by atoms with E-state index in [1.807, 2.05) is 21.1 Å². The topological polar surface area (TPSA) is 111 Å². The van der Waals surface area contributed by atoms with Crippen LogP contribution in [0.25, 0.3) is 0 Å². The van der Waals surface area contributed by atoms with Gasteiger partial charge in [0.05, 0.1) is 27.7 Å². The van der Waals surface area contributed by atoms with Crippen molar-refractivity contribution in [2.75, 3.05) is 47.5 Å². The number of quaternary nitrogens is 1. The van der Waals surface area contributed by atoms with E-state index in [0.29, 0.717) is 17.4 Å². The van der Waals surface area contributed by atoms with E-state index in [1.54, 1.807) is 0 Å². The molecule has 0 N–H and O–H groups in total. The van der Waals surface area contributed by atoms with Crippen LogP contribution in [0, 0.1) is 0 Å². The molecule has 92 heavy (non-hydrogen) atoms. The molecule has 520 valence electrons. The summed E-state index contributed by atoms with van der Waals surface area (Å²) in [5, 5.41) is 0. The Balaban J connectivity index is 4.16. The van der Waals surface area contributed by atoms with Crippen LogP contribution in [0.2, 0.25) is 0 Å². The van der Waals surface area contributed by atoms with Crippen molar-refractivity contribution in [2.45, 2.75) is 277 Å². The molecule has 10 heteroatoms. The maximum Gasteiger partial charge on any atom is 0.306 e. The number of carbonyl (C=O) groups is 2. The number of likely N-dealkylation sites (N-methyl/N-ethyl adjacent to an activating group) is 1. The highest BCUT2D eigenvalue weighted by Gasteiger charge is 2.22. The van der Waals surface area contributed by atoms with E-state index in [1.165, 1.54) is 103 Å². The number of ether oxygens (including phenoxy) is 2. The lowest BCUT2D eigenvalue weighted by Gasteiger charge is -2.28. The van der Waals surface area contributed by atoms with Crippen LogP contribution in [0.4, 0.5) is 0 Å². The van der Waals surface area contributed by atoms with Gasteiger partial charge in [-0.2, -0.15) is 0 Å². The molecule has 0 aromatic rings. The fourth-order valence-electron chi connectivity index (χ4n) is 9.42. The number of nitrogens with zero attached hydrogens (tertiary/aromatic N) is 1. The number of phosphoric ester groups is 1. The lowest BCUT2D eigenvalue weighted by molar-refractivity contribution is -0.870. The van der Waals surface area contributed by atoms with Gasteiger partial charge in [-0.1, -0.05) is 305 Å². The van der Waals surface area contributed by atoms with Crippen molar-refractivity contribution in [1.29, 1.82) is 0 Å². The molecule has 0 radical (unpaired) electrons. The molecule has 0 aromatic heterocycles. The SMILES string of the molecule is CC/C=C\C/C=C\C/C=C\C/C=C\C/C=C\C/C=C\C/C=C\C/C=C\C/C=C\C/C=C\C/C=C\CCCCCC(=O)OC(COC(=O)CCCCCCCCCCCCCCCCCCCC/C=C\C/C=C\C/C=C\C/C=C\CC)COP(=O)([O-])OCC[N+](C)(C)C. The minimum absolute atomic E-state index is 0.0463. The van der Waals surface area contributed by atoms with Crippen LogP contribution in [0.3, 0.4) is 0 Å². The third-order valence-electron chi connectivity index (χ3n) is 14.9. The van der Waals surface area contributed by atoms with Gasteiger partial charge in [0.25, 0.3) is 7.82 Å². The monoisotopic (exact) mass is 1290 g/mol.